The molecule has 7 aromatic carbocycles. The van der Waals surface area contributed by atoms with Crippen molar-refractivity contribution in [3.63, 3.8) is 0 Å². The molecule has 3 nitrogen and oxygen atoms in total. The maximum Gasteiger partial charge on any atom is 0.125 e. The molecule has 10 aromatic rings. The fourth-order valence-electron chi connectivity index (χ4n) is 8.91. The van der Waals surface area contributed by atoms with Crippen molar-refractivity contribution < 1.29 is 4.39 Å². The molecule has 0 unspecified atom stereocenters. The Morgan fingerprint density at radius 3 is 1.78 bits per heavy atom. The first kappa shape index (κ1) is 26.9. The lowest BCUT2D eigenvalue weighted by Gasteiger charge is -2.28. The molecular weight excluding hydrogens is 602 g/mol. The second-order valence-corrected chi connectivity index (χ2v) is 14.0. The van der Waals surface area contributed by atoms with Crippen LogP contribution < -0.4 is 4.90 Å². The van der Waals surface area contributed by atoms with Crippen molar-refractivity contribution in [2.24, 2.45) is 0 Å². The molecule has 232 valence electrons. The van der Waals surface area contributed by atoms with Gasteiger partial charge in [-0.15, -0.1) is 0 Å². The first-order valence-corrected chi connectivity index (χ1v) is 16.9. The molecule has 49 heavy (non-hydrogen) atoms. The van der Waals surface area contributed by atoms with Gasteiger partial charge >= 0.3 is 0 Å². The van der Waals surface area contributed by atoms with Gasteiger partial charge in [-0.05, 0) is 82.9 Å². The molecule has 1 aliphatic rings. The largest absolute Gasteiger partial charge is 0.310 e. The van der Waals surface area contributed by atoms with Crippen molar-refractivity contribution >= 4 is 71.7 Å². The summed E-state index contributed by atoms with van der Waals surface area (Å²) in [5, 5.41) is 4.98. The number of nitrogens with zero attached hydrogens (tertiary/aromatic N) is 3. The molecule has 0 fully saturated rings. The molecule has 0 bridgehead atoms. The quantitative estimate of drug-likeness (QED) is 0.177. The Hall–Kier alpha value is -6.13. The summed E-state index contributed by atoms with van der Waals surface area (Å²) in [6.07, 6.45) is 0. The number of halogens is 1. The van der Waals surface area contributed by atoms with Gasteiger partial charge in [0.25, 0.3) is 0 Å². The van der Waals surface area contributed by atoms with Crippen molar-refractivity contribution in [1.82, 2.24) is 8.80 Å². The third-order valence-electron chi connectivity index (χ3n) is 11.1. The highest BCUT2D eigenvalue weighted by molar-refractivity contribution is 6.25. The highest BCUT2D eigenvalue weighted by Gasteiger charge is 2.36. The lowest BCUT2D eigenvalue weighted by atomic mass is 9.82. The Morgan fingerprint density at radius 2 is 1.04 bits per heavy atom. The van der Waals surface area contributed by atoms with Gasteiger partial charge in [-0.25, -0.2) is 4.39 Å². The molecule has 0 radical (unpaired) electrons. The molecule has 0 saturated heterocycles. The molecule has 0 amide bonds. The van der Waals surface area contributed by atoms with Crippen LogP contribution in [-0.2, 0) is 5.41 Å². The fraction of sp³-hybridized carbons (Fsp3) is 0.0667. The van der Waals surface area contributed by atoms with Gasteiger partial charge in [0.1, 0.15) is 5.82 Å². The molecule has 1 aliphatic carbocycles. The minimum Gasteiger partial charge on any atom is -0.310 e. The smallest absolute Gasteiger partial charge is 0.125 e. The van der Waals surface area contributed by atoms with Crippen LogP contribution in [0.5, 0.6) is 0 Å². The number of anilines is 3. The highest BCUT2D eigenvalue weighted by Crippen LogP contribution is 2.51. The predicted octanol–water partition coefficient (Wildman–Crippen LogP) is 12.2. The Morgan fingerprint density at radius 1 is 0.449 bits per heavy atom. The summed E-state index contributed by atoms with van der Waals surface area (Å²) in [5.41, 5.74) is 14.8. The summed E-state index contributed by atoms with van der Waals surface area (Å²) in [7, 11) is 0. The van der Waals surface area contributed by atoms with E-state index in [1.54, 1.807) is 12.1 Å². The van der Waals surface area contributed by atoms with Crippen molar-refractivity contribution in [3.8, 4) is 11.1 Å². The van der Waals surface area contributed by atoms with Crippen LogP contribution in [0, 0.1) is 5.82 Å². The van der Waals surface area contributed by atoms with E-state index in [-0.39, 0.29) is 11.2 Å². The summed E-state index contributed by atoms with van der Waals surface area (Å²) >= 11 is 0. The van der Waals surface area contributed by atoms with Crippen LogP contribution in [0.1, 0.15) is 25.0 Å². The Balaban J connectivity index is 1.25. The van der Waals surface area contributed by atoms with Gasteiger partial charge in [0.2, 0.25) is 0 Å². The van der Waals surface area contributed by atoms with Gasteiger partial charge in [0.15, 0.2) is 0 Å². The Bertz CT molecular complexity index is 3000. The van der Waals surface area contributed by atoms with Gasteiger partial charge in [-0.3, -0.25) is 0 Å². The Kier molecular flexibility index (Phi) is 5.09. The number of benzene rings is 7. The first-order chi connectivity index (χ1) is 24.0. The third kappa shape index (κ3) is 3.40. The lowest BCUT2D eigenvalue weighted by Crippen LogP contribution is -2.16. The zero-order chi connectivity index (χ0) is 32.6. The van der Waals surface area contributed by atoms with Crippen LogP contribution in [0.3, 0.4) is 0 Å². The monoisotopic (exact) mass is 631 g/mol. The molecule has 3 heterocycles. The van der Waals surface area contributed by atoms with Gasteiger partial charge in [-0.2, -0.15) is 0 Å². The topological polar surface area (TPSA) is 12.1 Å². The average Bonchev–Trinajstić information content (AvgIpc) is 3.72. The molecule has 0 atom stereocenters. The number of fused-ring (bicyclic) bond motifs is 12. The van der Waals surface area contributed by atoms with E-state index in [0.29, 0.717) is 0 Å². The van der Waals surface area contributed by atoms with E-state index in [1.807, 2.05) is 6.07 Å². The van der Waals surface area contributed by atoms with Gasteiger partial charge in [0.05, 0.1) is 33.1 Å². The van der Waals surface area contributed by atoms with Crippen molar-refractivity contribution in [2.45, 2.75) is 19.3 Å². The molecule has 11 rings (SSSR count). The maximum absolute atomic E-state index is 15.0. The number of hydrogen-bond donors (Lipinski definition) is 0. The standard InChI is InChI=1S/C45H30FN3/c1-45(2)37-15-6-3-12-31(37)32-20-18-29(25-38(32)45)47(28-11-9-10-27(46)24-28)30-19-23-41-42(26-30)49-40-17-8-5-14-34(40)36-22-21-35-33-13-4-7-16-39(33)48(41)43(35)44(36)49/h3-26H,1-2H3. The summed E-state index contributed by atoms with van der Waals surface area (Å²) < 4.78 is 19.9. The van der Waals surface area contributed by atoms with Crippen LogP contribution in [0.2, 0.25) is 0 Å². The summed E-state index contributed by atoms with van der Waals surface area (Å²) in [6.45, 7) is 4.60. The minimum atomic E-state index is -0.261. The fourth-order valence-corrected chi connectivity index (χ4v) is 8.91. The van der Waals surface area contributed by atoms with E-state index in [0.717, 1.165) is 28.1 Å². The van der Waals surface area contributed by atoms with E-state index in [1.165, 1.54) is 71.9 Å². The minimum absolute atomic E-state index is 0.161. The van der Waals surface area contributed by atoms with Crippen molar-refractivity contribution in [2.75, 3.05) is 4.90 Å². The van der Waals surface area contributed by atoms with Crippen molar-refractivity contribution in [1.29, 1.82) is 0 Å². The number of para-hydroxylation sites is 2. The number of rotatable bonds is 3. The zero-order valence-corrected chi connectivity index (χ0v) is 27.1. The molecule has 3 aromatic heterocycles. The molecule has 4 heteroatoms. The van der Waals surface area contributed by atoms with E-state index in [2.05, 4.69) is 149 Å². The van der Waals surface area contributed by atoms with Crippen LogP contribution in [0.15, 0.2) is 146 Å². The van der Waals surface area contributed by atoms with Crippen LogP contribution in [-0.4, -0.2) is 8.80 Å². The van der Waals surface area contributed by atoms with Crippen molar-refractivity contribution in [3.05, 3.63) is 163 Å². The Labute approximate surface area is 282 Å². The normalized spacial score (nSPS) is 13.8. The maximum atomic E-state index is 15.0. The number of hydrogen-bond acceptors (Lipinski definition) is 1. The molecular formula is C45H30FN3. The van der Waals surface area contributed by atoms with E-state index >= 15 is 4.39 Å². The predicted molar refractivity (Wildman–Crippen MR) is 202 cm³/mol. The third-order valence-corrected chi connectivity index (χ3v) is 11.1. The first-order valence-electron chi connectivity index (χ1n) is 16.9. The van der Waals surface area contributed by atoms with Crippen LogP contribution in [0.25, 0.3) is 65.8 Å². The molecule has 0 saturated carbocycles. The zero-order valence-electron chi connectivity index (χ0n) is 27.1. The van der Waals surface area contributed by atoms with Gasteiger partial charge < -0.3 is 13.7 Å². The molecule has 0 aliphatic heterocycles. The average molecular weight is 632 g/mol. The SMILES string of the molecule is CC1(C)c2ccccc2-c2ccc(N(c3cccc(F)c3)c3ccc4c(c3)n3c5ccccc5c5ccc6c7ccccc7n4c6c53)cc21. The highest BCUT2D eigenvalue weighted by atomic mass is 19.1. The molecule has 0 N–H and O–H groups in total. The number of aromatic nitrogens is 2. The van der Waals surface area contributed by atoms with Gasteiger partial charge in [0, 0.05) is 44.0 Å². The second-order valence-electron chi connectivity index (χ2n) is 14.0. The lowest BCUT2D eigenvalue weighted by molar-refractivity contribution is 0.628. The molecule has 0 spiro atoms. The van der Waals surface area contributed by atoms with E-state index in [9.17, 15) is 0 Å². The van der Waals surface area contributed by atoms with E-state index < -0.39 is 0 Å². The van der Waals surface area contributed by atoms with Crippen LogP contribution >= 0.6 is 0 Å². The summed E-state index contributed by atoms with van der Waals surface area (Å²) in [4.78, 5) is 2.20. The van der Waals surface area contributed by atoms with E-state index in [4.69, 9.17) is 0 Å². The summed E-state index contributed by atoms with van der Waals surface area (Å²) in [6, 6.07) is 51.1. The van der Waals surface area contributed by atoms with Crippen LogP contribution in [0.4, 0.5) is 21.5 Å². The second kappa shape index (κ2) is 9.27. The summed E-state index contributed by atoms with van der Waals surface area (Å²) in [5.74, 6) is -0.261. The van der Waals surface area contributed by atoms with Gasteiger partial charge in [-0.1, -0.05) is 98.8 Å².